The molecule has 2 aromatic heterocycles. The van der Waals surface area contributed by atoms with Gasteiger partial charge in [0.2, 0.25) is 0 Å². The summed E-state index contributed by atoms with van der Waals surface area (Å²) < 4.78 is 5.95. The number of thiazole rings is 1. The van der Waals surface area contributed by atoms with Gasteiger partial charge in [-0.2, -0.15) is 5.10 Å². The lowest BCUT2D eigenvalue weighted by Crippen LogP contribution is -2.51. The summed E-state index contributed by atoms with van der Waals surface area (Å²) in [5.74, 6) is 0.115. The van der Waals surface area contributed by atoms with E-state index in [1.54, 1.807) is 36.3 Å². The van der Waals surface area contributed by atoms with Gasteiger partial charge in [0, 0.05) is 36.8 Å². The molecule has 12 heteroatoms. The molecule has 0 bridgehead atoms. The molecule has 0 saturated carbocycles. The van der Waals surface area contributed by atoms with E-state index in [-0.39, 0.29) is 23.4 Å². The van der Waals surface area contributed by atoms with Gasteiger partial charge >= 0.3 is 0 Å². The number of hydrogen-bond donors (Lipinski definition) is 2. The molecule has 0 spiro atoms. The summed E-state index contributed by atoms with van der Waals surface area (Å²) in [4.78, 5) is 39.9. The molecular formula is C24H26ClN7O3S. The summed E-state index contributed by atoms with van der Waals surface area (Å²) in [5.41, 5.74) is 7.79. The molecule has 188 valence electrons. The van der Waals surface area contributed by atoms with Crippen molar-refractivity contribution in [2.75, 3.05) is 13.1 Å². The lowest BCUT2D eigenvalue weighted by molar-refractivity contribution is -0.146. The van der Waals surface area contributed by atoms with Crippen molar-refractivity contribution in [2.45, 2.75) is 38.2 Å². The van der Waals surface area contributed by atoms with Gasteiger partial charge in [0.1, 0.15) is 17.1 Å². The third-order valence-electron chi connectivity index (χ3n) is 5.71. The number of ether oxygens (including phenoxy) is 1. The van der Waals surface area contributed by atoms with Gasteiger partial charge in [-0.1, -0.05) is 23.7 Å². The van der Waals surface area contributed by atoms with Crippen LogP contribution in [-0.4, -0.2) is 56.2 Å². The fourth-order valence-electron chi connectivity index (χ4n) is 3.79. The molecule has 3 N–H and O–H groups in total. The van der Waals surface area contributed by atoms with Crippen LogP contribution in [0.3, 0.4) is 0 Å². The zero-order chi connectivity index (χ0) is 25.7. The first-order valence-electron chi connectivity index (χ1n) is 11.3. The highest BCUT2D eigenvalue weighted by molar-refractivity contribution is 7.09. The SMILES string of the molecule is CC(C)(Oc1ccccc1Cl)C(=O)N1CCC(c2nc(C(=O)N/N=C(/N)c3cnccn3)cs2)CC1. The molecule has 1 aliphatic heterocycles. The van der Waals surface area contributed by atoms with Crippen LogP contribution in [0.1, 0.15) is 53.8 Å². The average Bonchev–Trinajstić information content (AvgIpc) is 3.39. The lowest BCUT2D eigenvalue weighted by atomic mass is 9.96. The number of benzene rings is 1. The molecule has 0 atom stereocenters. The van der Waals surface area contributed by atoms with Gasteiger partial charge in [0.15, 0.2) is 11.4 Å². The number of halogens is 1. The van der Waals surface area contributed by atoms with Gasteiger partial charge < -0.3 is 15.4 Å². The summed E-state index contributed by atoms with van der Waals surface area (Å²) >= 11 is 7.61. The molecular weight excluding hydrogens is 502 g/mol. The Morgan fingerprint density at radius 1 is 1.22 bits per heavy atom. The van der Waals surface area contributed by atoms with Crippen molar-refractivity contribution in [3.8, 4) is 5.75 Å². The van der Waals surface area contributed by atoms with E-state index in [1.165, 1.54) is 29.9 Å². The van der Waals surface area contributed by atoms with E-state index in [4.69, 9.17) is 22.1 Å². The highest BCUT2D eigenvalue weighted by Gasteiger charge is 2.37. The van der Waals surface area contributed by atoms with E-state index in [0.717, 1.165) is 17.8 Å². The van der Waals surface area contributed by atoms with Crippen LogP contribution in [0.2, 0.25) is 5.02 Å². The largest absolute Gasteiger partial charge is 0.476 e. The maximum atomic E-state index is 13.2. The number of nitrogens with zero attached hydrogens (tertiary/aromatic N) is 5. The average molecular weight is 528 g/mol. The Bertz CT molecular complexity index is 1260. The third kappa shape index (κ3) is 5.97. The lowest BCUT2D eigenvalue weighted by Gasteiger charge is -2.36. The van der Waals surface area contributed by atoms with E-state index >= 15 is 0 Å². The van der Waals surface area contributed by atoms with Crippen molar-refractivity contribution >= 4 is 40.6 Å². The Kier molecular flexibility index (Phi) is 7.80. The van der Waals surface area contributed by atoms with Gasteiger partial charge in [-0.15, -0.1) is 11.3 Å². The Hall–Kier alpha value is -3.57. The van der Waals surface area contributed by atoms with Crippen molar-refractivity contribution in [3.05, 3.63) is 69.7 Å². The fourth-order valence-corrected chi connectivity index (χ4v) is 4.94. The van der Waals surface area contributed by atoms with Crippen molar-refractivity contribution in [1.82, 2.24) is 25.3 Å². The molecule has 0 unspecified atom stereocenters. The van der Waals surface area contributed by atoms with Gasteiger partial charge in [-0.25, -0.2) is 15.4 Å². The second-order valence-electron chi connectivity index (χ2n) is 8.71. The first-order valence-corrected chi connectivity index (χ1v) is 12.6. The second-order valence-corrected chi connectivity index (χ2v) is 10.0. The Morgan fingerprint density at radius 3 is 2.67 bits per heavy atom. The molecule has 1 saturated heterocycles. The van der Waals surface area contributed by atoms with Crippen LogP contribution in [0, 0.1) is 0 Å². The summed E-state index contributed by atoms with van der Waals surface area (Å²) in [6.07, 6.45) is 5.92. The second kappa shape index (κ2) is 11.0. The molecule has 1 fully saturated rings. The molecule has 0 radical (unpaired) electrons. The number of para-hydroxylation sites is 1. The minimum Gasteiger partial charge on any atom is -0.476 e. The van der Waals surface area contributed by atoms with E-state index in [9.17, 15) is 9.59 Å². The number of piperidine rings is 1. The van der Waals surface area contributed by atoms with E-state index < -0.39 is 11.5 Å². The van der Waals surface area contributed by atoms with Gasteiger partial charge in [-0.3, -0.25) is 14.6 Å². The number of likely N-dealkylation sites (tertiary alicyclic amines) is 1. The van der Waals surface area contributed by atoms with Crippen LogP contribution >= 0.6 is 22.9 Å². The Balaban J connectivity index is 1.32. The number of nitrogens with two attached hydrogens (primary N) is 1. The van der Waals surface area contributed by atoms with Gasteiger partial charge in [0.25, 0.3) is 11.8 Å². The molecule has 0 aliphatic carbocycles. The van der Waals surface area contributed by atoms with Crippen molar-refractivity contribution in [1.29, 1.82) is 0 Å². The maximum absolute atomic E-state index is 13.2. The molecule has 1 aliphatic rings. The van der Waals surface area contributed by atoms with Crippen LogP contribution in [0.15, 0.2) is 53.3 Å². The van der Waals surface area contributed by atoms with Crippen LogP contribution in [0.4, 0.5) is 0 Å². The van der Waals surface area contributed by atoms with Crippen LogP contribution < -0.4 is 15.9 Å². The number of hydrazone groups is 1. The van der Waals surface area contributed by atoms with E-state index in [2.05, 4.69) is 25.5 Å². The number of amides is 2. The normalized spacial score (nSPS) is 15.0. The minimum atomic E-state index is -1.06. The zero-order valence-electron chi connectivity index (χ0n) is 19.8. The number of hydrogen-bond acceptors (Lipinski definition) is 8. The van der Waals surface area contributed by atoms with Crippen molar-refractivity contribution < 1.29 is 14.3 Å². The first kappa shape index (κ1) is 25.5. The summed E-state index contributed by atoms with van der Waals surface area (Å²) in [6, 6.07) is 7.10. The number of rotatable bonds is 7. The molecule has 2 amide bonds. The summed E-state index contributed by atoms with van der Waals surface area (Å²) in [5, 5.41) is 6.88. The van der Waals surface area contributed by atoms with Crippen molar-refractivity contribution in [3.63, 3.8) is 0 Å². The van der Waals surface area contributed by atoms with Crippen LogP contribution in [0.5, 0.6) is 5.75 Å². The van der Waals surface area contributed by atoms with Gasteiger partial charge in [0.05, 0.1) is 16.2 Å². The number of carbonyl (C=O) groups is 2. The van der Waals surface area contributed by atoms with Crippen molar-refractivity contribution in [2.24, 2.45) is 10.8 Å². The topological polar surface area (TPSA) is 136 Å². The quantitative estimate of drug-likeness (QED) is 0.273. The molecule has 3 heterocycles. The highest BCUT2D eigenvalue weighted by atomic mass is 35.5. The maximum Gasteiger partial charge on any atom is 0.290 e. The molecule has 10 nitrogen and oxygen atoms in total. The molecule has 4 rings (SSSR count). The van der Waals surface area contributed by atoms with Crippen LogP contribution in [-0.2, 0) is 4.79 Å². The number of nitrogens with one attached hydrogen (secondary N) is 1. The van der Waals surface area contributed by atoms with Crippen LogP contribution in [0.25, 0.3) is 0 Å². The molecule has 1 aromatic carbocycles. The number of aromatic nitrogens is 3. The van der Waals surface area contributed by atoms with Gasteiger partial charge in [-0.05, 0) is 38.8 Å². The fraction of sp³-hybridized carbons (Fsp3) is 0.333. The number of amidine groups is 1. The summed E-state index contributed by atoms with van der Waals surface area (Å²) in [7, 11) is 0. The smallest absolute Gasteiger partial charge is 0.290 e. The predicted molar refractivity (Wildman–Crippen MR) is 137 cm³/mol. The first-order chi connectivity index (χ1) is 17.2. The Morgan fingerprint density at radius 2 is 1.97 bits per heavy atom. The van der Waals surface area contributed by atoms with E-state index in [1.807, 2.05) is 12.1 Å². The minimum absolute atomic E-state index is 0.0466. The third-order valence-corrected chi connectivity index (χ3v) is 7.03. The Labute approximate surface area is 217 Å². The zero-order valence-corrected chi connectivity index (χ0v) is 21.4. The van der Waals surface area contributed by atoms with E-state index in [0.29, 0.717) is 29.6 Å². The molecule has 3 aromatic rings. The monoisotopic (exact) mass is 527 g/mol. The standard InChI is InChI=1S/C24H26ClN7O3S/c1-24(2,35-19-6-4-3-5-16(19)25)23(34)32-11-7-15(8-12-32)22-29-18(14-36-22)21(33)31-30-20(26)17-13-27-9-10-28-17/h3-6,9-10,13-15H,7-8,11-12H2,1-2H3,(H2,26,30)(H,31,33). The summed E-state index contributed by atoms with van der Waals surface area (Å²) in [6.45, 7) is 4.63. The predicted octanol–water partition coefficient (Wildman–Crippen LogP) is 3.20. The number of carbonyl (C=O) groups excluding carboxylic acids is 2. The molecule has 36 heavy (non-hydrogen) atoms. The highest BCUT2D eigenvalue weighted by Crippen LogP contribution is 2.33.